The fourth-order valence-electron chi connectivity index (χ4n) is 1.66. The molecular weight excluding hydrogens is 292 g/mol. The van der Waals surface area contributed by atoms with Crippen molar-refractivity contribution in [2.24, 2.45) is 0 Å². The highest BCUT2D eigenvalue weighted by atomic mass is 32.1. The van der Waals surface area contributed by atoms with Crippen molar-refractivity contribution in [1.29, 1.82) is 0 Å². The van der Waals surface area contributed by atoms with Crippen molar-refractivity contribution in [1.82, 2.24) is 9.88 Å². The molecule has 7 nitrogen and oxygen atoms in total. The smallest absolute Gasteiger partial charge is 0.269 e. The average Bonchev–Trinajstić information content (AvgIpc) is 2.85. The third-order valence-electron chi connectivity index (χ3n) is 2.59. The molecule has 0 saturated heterocycles. The van der Waals surface area contributed by atoms with Crippen molar-refractivity contribution < 1.29 is 9.72 Å². The number of rotatable bonds is 5. The number of hydrogen-bond donors (Lipinski definition) is 1. The van der Waals surface area contributed by atoms with Crippen molar-refractivity contribution in [2.45, 2.75) is 6.54 Å². The first-order chi connectivity index (χ1) is 9.95. The van der Waals surface area contributed by atoms with Gasteiger partial charge in [0.25, 0.3) is 11.6 Å². The summed E-state index contributed by atoms with van der Waals surface area (Å²) in [6.07, 6.45) is 0. The van der Waals surface area contributed by atoms with Gasteiger partial charge in [0, 0.05) is 29.6 Å². The van der Waals surface area contributed by atoms with E-state index in [1.54, 1.807) is 0 Å². The normalized spacial score (nSPS) is 10.6. The molecule has 2 rings (SSSR count). The Hall–Kier alpha value is -2.32. The van der Waals surface area contributed by atoms with Crippen LogP contribution in [0.4, 0.5) is 10.8 Å². The Morgan fingerprint density at radius 3 is 2.62 bits per heavy atom. The van der Waals surface area contributed by atoms with Gasteiger partial charge in [-0.1, -0.05) is 0 Å². The molecule has 110 valence electrons. The van der Waals surface area contributed by atoms with Crippen LogP contribution in [0.25, 0.3) is 0 Å². The molecule has 0 radical (unpaired) electrons. The molecule has 21 heavy (non-hydrogen) atoms. The Kier molecular flexibility index (Phi) is 4.61. The summed E-state index contributed by atoms with van der Waals surface area (Å²) in [6.45, 7) is 0.698. The number of nitrogens with zero attached hydrogens (tertiary/aromatic N) is 3. The Balaban J connectivity index is 2.03. The predicted octanol–water partition coefficient (Wildman–Crippen LogP) is 2.37. The minimum Gasteiger partial charge on any atom is -0.304 e. The molecule has 2 aromatic rings. The number of anilines is 1. The SMILES string of the molecule is CN(C)Cc1csc(NC(=O)c2ccc([N+](=O)[O-])cc2)n1. The van der Waals surface area contributed by atoms with Gasteiger partial charge in [-0.05, 0) is 26.2 Å². The number of amides is 1. The molecule has 0 spiro atoms. The van der Waals surface area contributed by atoms with Crippen molar-refractivity contribution in [3.8, 4) is 0 Å². The molecule has 1 aromatic carbocycles. The van der Waals surface area contributed by atoms with Crippen LogP contribution >= 0.6 is 11.3 Å². The number of aromatic nitrogens is 1. The van der Waals surface area contributed by atoms with Gasteiger partial charge in [0.15, 0.2) is 5.13 Å². The third kappa shape index (κ3) is 4.07. The molecule has 0 saturated carbocycles. The molecular formula is C13H14N4O3S. The summed E-state index contributed by atoms with van der Waals surface area (Å²) in [5.41, 5.74) is 1.18. The second-order valence-electron chi connectivity index (χ2n) is 4.64. The van der Waals surface area contributed by atoms with Gasteiger partial charge in [0.05, 0.1) is 10.6 Å². The number of carbonyl (C=O) groups is 1. The number of non-ortho nitro benzene ring substituents is 1. The van der Waals surface area contributed by atoms with Gasteiger partial charge in [0.1, 0.15) is 0 Å². The summed E-state index contributed by atoms with van der Waals surface area (Å²) in [5, 5.41) is 15.6. The minimum absolute atomic E-state index is 0.0472. The van der Waals surface area contributed by atoms with E-state index in [0.29, 0.717) is 17.2 Å². The maximum absolute atomic E-state index is 12.0. The number of nitro benzene ring substituents is 1. The van der Waals surface area contributed by atoms with Crippen LogP contribution in [0.3, 0.4) is 0 Å². The van der Waals surface area contributed by atoms with Crippen LogP contribution in [-0.4, -0.2) is 34.8 Å². The number of thiazole rings is 1. The zero-order chi connectivity index (χ0) is 15.4. The summed E-state index contributed by atoms with van der Waals surface area (Å²) >= 11 is 1.34. The molecule has 1 aromatic heterocycles. The van der Waals surface area contributed by atoms with E-state index in [1.807, 2.05) is 24.4 Å². The van der Waals surface area contributed by atoms with Crippen LogP contribution in [-0.2, 0) is 6.54 Å². The number of hydrogen-bond acceptors (Lipinski definition) is 6. The second kappa shape index (κ2) is 6.42. The zero-order valence-electron chi connectivity index (χ0n) is 11.6. The molecule has 1 amide bonds. The van der Waals surface area contributed by atoms with Gasteiger partial charge < -0.3 is 4.90 Å². The van der Waals surface area contributed by atoms with Gasteiger partial charge in [0.2, 0.25) is 0 Å². The summed E-state index contributed by atoms with van der Waals surface area (Å²) in [7, 11) is 3.88. The van der Waals surface area contributed by atoms with Crippen LogP contribution in [0, 0.1) is 10.1 Å². The average molecular weight is 306 g/mol. The molecule has 1 heterocycles. The Bertz CT molecular complexity index is 652. The monoisotopic (exact) mass is 306 g/mol. The van der Waals surface area contributed by atoms with Crippen LogP contribution in [0.1, 0.15) is 16.1 Å². The van der Waals surface area contributed by atoms with E-state index in [1.165, 1.54) is 35.6 Å². The zero-order valence-corrected chi connectivity index (χ0v) is 12.4. The lowest BCUT2D eigenvalue weighted by atomic mass is 10.2. The predicted molar refractivity (Wildman–Crippen MR) is 80.6 cm³/mol. The van der Waals surface area contributed by atoms with Crippen LogP contribution in [0.2, 0.25) is 0 Å². The van der Waals surface area contributed by atoms with E-state index in [-0.39, 0.29) is 11.6 Å². The fraction of sp³-hybridized carbons (Fsp3) is 0.231. The van der Waals surface area contributed by atoms with Crippen molar-refractivity contribution in [3.05, 3.63) is 51.0 Å². The van der Waals surface area contributed by atoms with E-state index in [9.17, 15) is 14.9 Å². The van der Waals surface area contributed by atoms with Crippen LogP contribution in [0.5, 0.6) is 0 Å². The van der Waals surface area contributed by atoms with Gasteiger partial charge in [-0.25, -0.2) is 4.98 Å². The first-order valence-electron chi connectivity index (χ1n) is 6.10. The summed E-state index contributed by atoms with van der Waals surface area (Å²) in [4.78, 5) is 28.3. The van der Waals surface area contributed by atoms with Crippen molar-refractivity contribution in [2.75, 3.05) is 19.4 Å². The number of benzene rings is 1. The molecule has 0 unspecified atom stereocenters. The van der Waals surface area contributed by atoms with Crippen molar-refractivity contribution in [3.63, 3.8) is 0 Å². The second-order valence-corrected chi connectivity index (χ2v) is 5.50. The summed E-state index contributed by atoms with van der Waals surface area (Å²) in [6, 6.07) is 5.44. The molecule has 0 aliphatic rings. The molecule has 0 bridgehead atoms. The lowest BCUT2D eigenvalue weighted by molar-refractivity contribution is -0.384. The first kappa shape index (κ1) is 15.1. The topological polar surface area (TPSA) is 88.4 Å². The Labute approximate surface area is 125 Å². The highest BCUT2D eigenvalue weighted by Gasteiger charge is 2.11. The lowest BCUT2D eigenvalue weighted by Crippen LogP contribution is -2.13. The standard InChI is InChI=1S/C13H14N4O3S/c1-16(2)7-10-8-21-13(14-10)15-12(18)9-3-5-11(6-4-9)17(19)20/h3-6,8H,7H2,1-2H3,(H,14,15,18). The van der Waals surface area contributed by atoms with E-state index in [2.05, 4.69) is 10.3 Å². The van der Waals surface area contributed by atoms with E-state index >= 15 is 0 Å². The Morgan fingerprint density at radius 2 is 2.05 bits per heavy atom. The molecule has 0 aliphatic carbocycles. The Morgan fingerprint density at radius 1 is 1.38 bits per heavy atom. The van der Waals surface area contributed by atoms with Crippen LogP contribution in [0.15, 0.2) is 29.6 Å². The number of nitro groups is 1. The largest absolute Gasteiger partial charge is 0.304 e. The van der Waals surface area contributed by atoms with Gasteiger partial charge in [-0.15, -0.1) is 11.3 Å². The quantitative estimate of drug-likeness (QED) is 0.676. The molecule has 1 N–H and O–H groups in total. The van der Waals surface area contributed by atoms with E-state index < -0.39 is 4.92 Å². The maximum Gasteiger partial charge on any atom is 0.269 e. The molecule has 0 atom stereocenters. The van der Waals surface area contributed by atoms with Crippen molar-refractivity contribution >= 4 is 28.1 Å². The lowest BCUT2D eigenvalue weighted by Gasteiger charge is -2.05. The summed E-state index contributed by atoms with van der Waals surface area (Å²) in [5.74, 6) is -0.337. The van der Waals surface area contributed by atoms with Gasteiger partial charge in [-0.2, -0.15) is 0 Å². The third-order valence-corrected chi connectivity index (χ3v) is 3.40. The molecule has 8 heteroatoms. The fourth-order valence-corrected chi connectivity index (χ4v) is 2.36. The maximum atomic E-state index is 12.0. The minimum atomic E-state index is -0.504. The molecule has 0 fully saturated rings. The van der Waals surface area contributed by atoms with E-state index in [4.69, 9.17) is 0 Å². The first-order valence-corrected chi connectivity index (χ1v) is 6.98. The van der Waals surface area contributed by atoms with Gasteiger partial charge in [-0.3, -0.25) is 20.2 Å². The van der Waals surface area contributed by atoms with Crippen LogP contribution < -0.4 is 5.32 Å². The number of carbonyl (C=O) groups excluding carboxylic acids is 1. The summed E-state index contributed by atoms with van der Waals surface area (Å²) < 4.78 is 0. The van der Waals surface area contributed by atoms with Gasteiger partial charge >= 0.3 is 0 Å². The van der Waals surface area contributed by atoms with E-state index in [0.717, 1.165) is 5.69 Å². The highest BCUT2D eigenvalue weighted by molar-refractivity contribution is 7.13. The molecule has 0 aliphatic heterocycles. The number of nitrogens with one attached hydrogen (secondary N) is 1. The highest BCUT2D eigenvalue weighted by Crippen LogP contribution is 2.18.